The SMILES string of the molecule is CCC(=O)c1ccc(Oc2ccc(N)c(F)c2)cc1. The van der Waals surface area contributed by atoms with Gasteiger partial charge < -0.3 is 10.5 Å². The van der Waals surface area contributed by atoms with Gasteiger partial charge in [-0.25, -0.2) is 4.39 Å². The normalized spacial score (nSPS) is 10.2. The van der Waals surface area contributed by atoms with Crippen LogP contribution in [0.1, 0.15) is 23.7 Å². The molecular formula is C15H14FNO2. The monoisotopic (exact) mass is 259 g/mol. The maximum atomic E-state index is 13.2. The molecule has 0 aliphatic heterocycles. The number of rotatable bonds is 4. The number of anilines is 1. The number of carbonyl (C=O) groups is 1. The predicted molar refractivity (Wildman–Crippen MR) is 71.9 cm³/mol. The van der Waals surface area contributed by atoms with E-state index < -0.39 is 5.82 Å². The van der Waals surface area contributed by atoms with Crippen LogP contribution in [0.3, 0.4) is 0 Å². The van der Waals surface area contributed by atoms with E-state index in [2.05, 4.69) is 0 Å². The topological polar surface area (TPSA) is 52.3 Å². The summed E-state index contributed by atoms with van der Waals surface area (Å²) in [5, 5.41) is 0. The molecule has 3 nitrogen and oxygen atoms in total. The quantitative estimate of drug-likeness (QED) is 0.671. The van der Waals surface area contributed by atoms with Crippen LogP contribution < -0.4 is 10.5 Å². The number of hydrogen-bond acceptors (Lipinski definition) is 3. The minimum atomic E-state index is -0.518. The second-order valence-electron chi connectivity index (χ2n) is 4.09. The summed E-state index contributed by atoms with van der Waals surface area (Å²) in [6.45, 7) is 1.81. The fourth-order valence-electron chi connectivity index (χ4n) is 1.62. The highest BCUT2D eigenvalue weighted by Gasteiger charge is 2.05. The molecule has 0 radical (unpaired) electrons. The van der Waals surface area contributed by atoms with Crippen molar-refractivity contribution in [3.05, 3.63) is 53.8 Å². The van der Waals surface area contributed by atoms with E-state index in [0.29, 0.717) is 23.5 Å². The van der Waals surface area contributed by atoms with Gasteiger partial charge in [-0.1, -0.05) is 6.92 Å². The van der Waals surface area contributed by atoms with Crippen LogP contribution in [0.25, 0.3) is 0 Å². The number of ether oxygens (including phenoxy) is 1. The van der Waals surface area contributed by atoms with Gasteiger partial charge in [0.25, 0.3) is 0 Å². The van der Waals surface area contributed by atoms with Crippen LogP contribution >= 0.6 is 0 Å². The average molecular weight is 259 g/mol. The molecule has 98 valence electrons. The van der Waals surface area contributed by atoms with Crippen molar-refractivity contribution in [3.63, 3.8) is 0 Å². The van der Waals surface area contributed by atoms with Crippen LogP contribution in [0, 0.1) is 5.82 Å². The van der Waals surface area contributed by atoms with E-state index in [1.54, 1.807) is 30.3 Å². The first-order valence-corrected chi connectivity index (χ1v) is 5.96. The molecule has 0 spiro atoms. The maximum Gasteiger partial charge on any atom is 0.162 e. The van der Waals surface area contributed by atoms with Crippen LogP contribution in [0.2, 0.25) is 0 Å². The summed E-state index contributed by atoms with van der Waals surface area (Å²) in [5.74, 6) is 0.457. The lowest BCUT2D eigenvalue weighted by Crippen LogP contribution is -1.96. The Bertz CT molecular complexity index is 594. The number of nitrogens with two attached hydrogens (primary N) is 1. The highest BCUT2D eigenvalue weighted by atomic mass is 19.1. The van der Waals surface area contributed by atoms with Gasteiger partial charge in [0, 0.05) is 18.1 Å². The van der Waals surface area contributed by atoms with Crippen molar-refractivity contribution < 1.29 is 13.9 Å². The first kappa shape index (κ1) is 13.1. The number of ketones is 1. The van der Waals surface area contributed by atoms with E-state index in [9.17, 15) is 9.18 Å². The summed E-state index contributed by atoms with van der Waals surface area (Å²) in [6.07, 6.45) is 0.462. The van der Waals surface area contributed by atoms with Gasteiger partial charge in [0.15, 0.2) is 5.78 Å². The molecule has 0 aliphatic carbocycles. The molecule has 19 heavy (non-hydrogen) atoms. The number of nitrogen functional groups attached to an aromatic ring is 1. The van der Waals surface area contributed by atoms with Crippen molar-refractivity contribution in [1.82, 2.24) is 0 Å². The van der Waals surface area contributed by atoms with Gasteiger partial charge in [-0.05, 0) is 36.4 Å². The Balaban J connectivity index is 2.15. The van der Waals surface area contributed by atoms with Gasteiger partial charge >= 0.3 is 0 Å². The third-order valence-corrected chi connectivity index (χ3v) is 2.71. The molecule has 0 amide bonds. The van der Waals surface area contributed by atoms with Crippen molar-refractivity contribution in [2.75, 3.05) is 5.73 Å². The van der Waals surface area contributed by atoms with E-state index in [0.717, 1.165) is 0 Å². The first-order chi connectivity index (χ1) is 9.10. The standard InChI is InChI=1S/C15H14FNO2/c1-2-15(18)10-3-5-11(6-4-10)19-12-7-8-14(17)13(16)9-12/h3-9H,2,17H2,1H3. The largest absolute Gasteiger partial charge is 0.457 e. The Labute approximate surface area is 110 Å². The summed E-state index contributed by atoms with van der Waals surface area (Å²) in [5.41, 5.74) is 6.10. The fourth-order valence-corrected chi connectivity index (χ4v) is 1.62. The van der Waals surface area contributed by atoms with E-state index in [4.69, 9.17) is 10.5 Å². The fraction of sp³-hybridized carbons (Fsp3) is 0.133. The molecule has 0 saturated carbocycles. The zero-order valence-electron chi connectivity index (χ0n) is 10.5. The highest BCUT2D eigenvalue weighted by molar-refractivity contribution is 5.95. The van der Waals surface area contributed by atoms with Crippen LogP contribution in [0.4, 0.5) is 10.1 Å². The first-order valence-electron chi connectivity index (χ1n) is 5.96. The molecule has 2 aromatic rings. The molecule has 0 heterocycles. The Kier molecular flexibility index (Phi) is 3.80. The Hall–Kier alpha value is -2.36. The smallest absolute Gasteiger partial charge is 0.162 e. The molecule has 0 fully saturated rings. The lowest BCUT2D eigenvalue weighted by Gasteiger charge is -2.07. The molecule has 0 atom stereocenters. The Morgan fingerprint density at radius 3 is 2.37 bits per heavy atom. The number of carbonyl (C=O) groups excluding carboxylic acids is 1. The van der Waals surface area contributed by atoms with Gasteiger partial charge in [0.05, 0.1) is 5.69 Å². The van der Waals surface area contributed by atoms with E-state index in [-0.39, 0.29) is 11.5 Å². The lowest BCUT2D eigenvalue weighted by atomic mass is 10.1. The Morgan fingerprint density at radius 1 is 1.16 bits per heavy atom. The second-order valence-corrected chi connectivity index (χ2v) is 4.09. The van der Waals surface area contributed by atoms with Gasteiger partial charge in [0.2, 0.25) is 0 Å². The van der Waals surface area contributed by atoms with E-state index in [1.165, 1.54) is 12.1 Å². The highest BCUT2D eigenvalue weighted by Crippen LogP contribution is 2.24. The lowest BCUT2D eigenvalue weighted by molar-refractivity contribution is 0.0988. The van der Waals surface area contributed by atoms with Gasteiger partial charge in [-0.3, -0.25) is 4.79 Å². The van der Waals surface area contributed by atoms with E-state index in [1.807, 2.05) is 6.92 Å². The van der Waals surface area contributed by atoms with Crippen LogP contribution in [0.5, 0.6) is 11.5 Å². The van der Waals surface area contributed by atoms with Crippen molar-refractivity contribution in [3.8, 4) is 11.5 Å². The van der Waals surface area contributed by atoms with Crippen molar-refractivity contribution in [2.24, 2.45) is 0 Å². The summed E-state index contributed by atoms with van der Waals surface area (Å²) in [4.78, 5) is 11.5. The molecule has 0 unspecified atom stereocenters. The van der Waals surface area contributed by atoms with Gasteiger partial charge in [0.1, 0.15) is 17.3 Å². The molecular weight excluding hydrogens is 245 g/mol. The average Bonchev–Trinajstić information content (AvgIpc) is 2.43. The van der Waals surface area contributed by atoms with Crippen LogP contribution in [0.15, 0.2) is 42.5 Å². The summed E-state index contributed by atoms with van der Waals surface area (Å²) in [6, 6.07) is 11.0. The predicted octanol–water partition coefficient (Wildman–Crippen LogP) is 3.79. The molecule has 0 bridgehead atoms. The Morgan fingerprint density at radius 2 is 1.79 bits per heavy atom. The molecule has 0 aliphatic rings. The molecule has 0 aromatic heterocycles. The molecule has 2 N–H and O–H groups in total. The second kappa shape index (κ2) is 5.52. The minimum Gasteiger partial charge on any atom is -0.457 e. The van der Waals surface area contributed by atoms with Crippen LogP contribution in [-0.4, -0.2) is 5.78 Å². The molecule has 0 saturated heterocycles. The summed E-state index contributed by atoms with van der Waals surface area (Å²) in [7, 11) is 0. The summed E-state index contributed by atoms with van der Waals surface area (Å²) < 4.78 is 18.7. The molecule has 4 heteroatoms. The summed E-state index contributed by atoms with van der Waals surface area (Å²) >= 11 is 0. The van der Waals surface area contributed by atoms with Gasteiger partial charge in [-0.15, -0.1) is 0 Å². The van der Waals surface area contributed by atoms with Crippen molar-refractivity contribution in [1.29, 1.82) is 0 Å². The van der Waals surface area contributed by atoms with Gasteiger partial charge in [-0.2, -0.15) is 0 Å². The third-order valence-electron chi connectivity index (χ3n) is 2.71. The minimum absolute atomic E-state index is 0.0741. The number of Topliss-reactive ketones (excluding diaryl/α,β-unsaturated/α-hetero) is 1. The maximum absolute atomic E-state index is 13.2. The van der Waals surface area contributed by atoms with Crippen molar-refractivity contribution >= 4 is 11.5 Å². The zero-order chi connectivity index (χ0) is 13.8. The zero-order valence-corrected chi connectivity index (χ0v) is 10.5. The molecule has 2 rings (SSSR count). The van der Waals surface area contributed by atoms with Crippen molar-refractivity contribution in [2.45, 2.75) is 13.3 Å². The number of halogens is 1. The molecule has 2 aromatic carbocycles. The number of benzene rings is 2. The van der Waals surface area contributed by atoms with Crippen LogP contribution in [-0.2, 0) is 0 Å². The van der Waals surface area contributed by atoms with E-state index >= 15 is 0 Å². The third kappa shape index (κ3) is 3.10. The number of hydrogen-bond donors (Lipinski definition) is 1.